The number of carbonyl (C=O) groups is 4. The molecule has 0 spiro atoms. The second kappa shape index (κ2) is 11.0. The van der Waals surface area contributed by atoms with E-state index in [9.17, 15) is 19.2 Å². The lowest BCUT2D eigenvalue weighted by atomic mass is 9.96. The molecule has 2 aromatic rings. The number of methoxy groups -OCH3 is 1. The summed E-state index contributed by atoms with van der Waals surface area (Å²) in [5, 5.41) is 5.11. The number of hydrogen-bond acceptors (Lipinski definition) is 6. The van der Waals surface area contributed by atoms with Crippen molar-refractivity contribution in [2.45, 2.75) is 44.8 Å². The molecule has 0 radical (unpaired) electrons. The Morgan fingerprint density at radius 1 is 1.03 bits per heavy atom. The molecule has 0 bridgehead atoms. The largest absolute Gasteiger partial charge is 0.465 e. The number of esters is 2. The zero-order valence-corrected chi connectivity index (χ0v) is 20.4. The molecule has 0 saturated carbocycles. The number of nitrogens with one attached hydrogen (secondary N) is 2. The number of nitrogens with zero attached hydrogens (tertiary/aromatic N) is 1. The van der Waals surface area contributed by atoms with Crippen LogP contribution < -0.4 is 10.6 Å². The summed E-state index contributed by atoms with van der Waals surface area (Å²) in [6, 6.07) is 14.6. The smallest absolute Gasteiger partial charge is 0.337 e. The van der Waals surface area contributed by atoms with Crippen molar-refractivity contribution in [2.24, 2.45) is 0 Å². The maximum atomic E-state index is 13.1. The van der Waals surface area contributed by atoms with Gasteiger partial charge in [-0.3, -0.25) is 4.79 Å². The van der Waals surface area contributed by atoms with E-state index in [2.05, 4.69) is 15.4 Å². The molecule has 1 fully saturated rings. The van der Waals surface area contributed by atoms with Crippen molar-refractivity contribution in [2.75, 3.05) is 25.5 Å². The first-order chi connectivity index (χ1) is 16.6. The number of likely N-dealkylation sites (tertiary alicyclic amines) is 1. The first-order valence-electron chi connectivity index (χ1n) is 11.4. The maximum absolute atomic E-state index is 13.1. The van der Waals surface area contributed by atoms with E-state index in [1.54, 1.807) is 39.0 Å². The van der Waals surface area contributed by atoms with Gasteiger partial charge in [-0.2, -0.15) is 0 Å². The van der Waals surface area contributed by atoms with E-state index in [1.807, 2.05) is 30.3 Å². The average Bonchev–Trinajstić information content (AvgIpc) is 3.28. The highest BCUT2D eigenvalue weighted by Gasteiger charge is 2.42. The molecule has 0 aliphatic carbocycles. The van der Waals surface area contributed by atoms with Gasteiger partial charge in [0.05, 0.1) is 19.2 Å². The number of amides is 3. The lowest BCUT2D eigenvalue weighted by Gasteiger charge is -2.27. The molecule has 1 aliphatic rings. The molecule has 1 heterocycles. The molecule has 35 heavy (non-hydrogen) atoms. The molecule has 9 nitrogen and oxygen atoms in total. The van der Waals surface area contributed by atoms with Crippen molar-refractivity contribution < 1.29 is 28.7 Å². The predicted molar refractivity (Wildman–Crippen MR) is 130 cm³/mol. The van der Waals surface area contributed by atoms with E-state index in [-0.39, 0.29) is 18.0 Å². The van der Waals surface area contributed by atoms with E-state index in [0.29, 0.717) is 18.7 Å². The Labute approximate surface area is 204 Å². The Kier molecular flexibility index (Phi) is 8.11. The van der Waals surface area contributed by atoms with Crippen LogP contribution in [0.25, 0.3) is 0 Å². The molecule has 0 aromatic heterocycles. The van der Waals surface area contributed by atoms with Gasteiger partial charge in [0.15, 0.2) is 0 Å². The number of rotatable bonds is 6. The van der Waals surface area contributed by atoms with Gasteiger partial charge in [0.2, 0.25) is 5.91 Å². The second-order valence-electron chi connectivity index (χ2n) is 9.32. The number of benzene rings is 2. The minimum atomic E-state index is -0.742. The van der Waals surface area contributed by atoms with Gasteiger partial charge in [0.1, 0.15) is 11.6 Å². The molecule has 9 heteroatoms. The van der Waals surface area contributed by atoms with Crippen LogP contribution in [-0.2, 0) is 19.1 Å². The Balaban J connectivity index is 1.65. The van der Waals surface area contributed by atoms with Crippen LogP contribution in [0, 0.1) is 0 Å². The molecule has 0 unspecified atom stereocenters. The van der Waals surface area contributed by atoms with Crippen LogP contribution >= 0.6 is 0 Å². The summed E-state index contributed by atoms with van der Waals surface area (Å²) in [7, 11) is 1.27. The monoisotopic (exact) mass is 481 g/mol. The molecule has 2 N–H and O–H groups in total. The lowest BCUT2D eigenvalue weighted by molar-refractivity contribution is -0.163. The van der Waals surface area contributed by atoms with Crippen LogP contribution in [-0.4, -0.2) is 60.6 Å². The lowest BCUT2D eigenvalue weighted by Crippen LogP contribution is -2.47. The van der Waals surface area contributed by atoms with Gasteiger partial charge >= 0.3 is 18.0 Å². The van der Waals surface area contributed by atoms with Gasteiger partial charge in [-0.25, -0.2) is 14.4 Å². The van der Waals surface area contributed by atoms with Gasteiger partial charge in [-0.05, 0) is 51.0 Å². The van der Waals surface area contributed by atoms with E-state index < -0.39 is 35.5 Å². The number of anilines is 1. The normalized spacial score (nSPS) is 17.4. The van der Waals surface area contributed by atoms with Gasteiger partial charge in [-0.1, -0.05) is 36.4 Å². The summed E-state index contributed by atoms with van der Waals surface area (Å²) in [6.07, 6.45) is 0.442. The zero-order chi connectivity index (χ0) is 25.6. The predicted octanol–water partition coefficient (Wildman–Crippen LogP) is 3.32. The van der Waals surface area contributed by atoms with Crippen LogP contribution in [0.1, 0.15) is 49.0 Å². The fourth-order valence-corrected chi connectivity index (χ4v) is 3.95. The third kappa shape index (κ3) is 7.05. The summed E-state index contributed by atoms with van der Waals surface area (Å²) < 4.78 is 10.2. The van der Waals surface area contributed by atoms with Crippen LogP contribution in [0.5, 0.6) is 0 Å². The fraction of sp³-hybridized carbons (Fsp3) is 0.385. The quantitative estimate of drug-likeness (QED) is 0.612. The third-order valence-corrected chi connectivity index (χ3v) is 5.51. The van der Waals surface area contributed by atoms with Crippen molar-refractivity contribution in [3.8, 4) is 0 Å². The van der Waals surface area contributed by atoms with Crippen molar-refractivity contribution in [3.05, 3.63) is 65.7 Å². The topological polar surface area (TPSA) is 114 Å². The molecule has 1 aliphatic heterocycles. The molecular weight excluding hydrogens is 450 g/mol. The average molecular weight is 482 g/mol. The minimum absolute atomic E-state index is 0.0208. The van der Waals surface area contributed by atoms with Crippen LogP contribution in [0.2, 0.25) is 0 Å². The molecule has 2 aromatic carbocycles. The summed E-state index contributed by atoms with van der Waals surface area (Å²) in [4.78, 5) is 51.5. The summed E-state index contributed by atoms with van der Waals surface area (Å²) in [5.74, 6) is -1.40. The van der Waals surface area contributed by atoms with E-state index in [0.717, 1.165) is 5.56 Å². The van der Waals surface area contributed by atoms with Crippen molar-refractivity contribution in [3.63, 3.8) is 0 Å². The van der Waals surface area contributed by atoms with Crippen molar-refractivity contribution in [1.82, 2.24) is 10.2 Å². The Hall–Kier alpha value is -3.88. The highest BCUT2D eigenvalue weighted by molar-refractivity contribution is 5.95. The highest BCUT2D eigenvalue weighted by atomic mass is 16.6. The second-order valence-corrected chi connectivity index (χ2v) is 9.32. The molecule has 186 valence electrons. The van der Waals surface area contributed by atoms with E-state index in [1.165, 1.54) is 18.1 Å². The highest BCUT2D eigenvalue weighted by Crippen LogP contribution is 2.33. The first-order valence-corrected chi connectivity index (χ1v) is 11.4. The number of carbonyl (C=O) groups excluding carboxylic acids is 4. The Morgan fingerprint density at radius 2 is 1.74 bits per heavy atom. The minimum Gasteiger partial charge on any atom is -0.465 e. The zero-order valence-electron chi connectivity index (χ0n) is 20.4. The molecule has 2 atom stereocenters. The number of urea groups is 1. The van der Waals surface area contributed by atoms with Gasteiger partial charge in [-0.15, -0.1) is 0 Å². The van der Waals surface area contributed by atoms with Crippen molar-refractivity contribution in [1.29, 1.82) is 0 Å². The molecule has 3 amide bonds. The first kappa shape index (κ1) is 25.7. The third-order valence-electron chi connectivity index (χ3n) is 5.51. The molecule has 3 rings (SSSR count). The van der Waals surface area contributed by atoms with E-state index >= 15 is 0 Å². The van der Waals surface area contributed by atoms with E-state index in [4.69, 9.17) is 4.74 Å². The van der Waals surface area contributed by atoms with Gasteiger partial charge in [0.25, 0.3) is 0 Å². The maximum Gasteiger partial charge on any atom is 0.337 e. The molecule has 1 saturated heterocycles. The SMILES string of the molecule is COC(=O)c1cccc(NC(=O)NCC(=O)N2C[C@@H](c3ccccc3)C[C@H]2C(=O)OC(C)(C)C)c1. The van der Waals surface area contributed by atoms with Gasteiger partial charge in [0, 0.05) is 18.2 Å². The van der Waals surface area contributed by atoms with Crippen LogP contribution in [0.4, 0.5) is 10.5 Å². The Bertz CT molecular complexity index is 1080. The summed E-state index contributed by atoms with van der Waals surface area (Å²) >= 11 is 0. The number of hydrogen-bond donors (Lipinski definition) is 2. The standard InChI is InChI=1S/C26H31N3O6/c1-26(2,3)35-24(32)21-14-19(17-9-6-5-7-10-17)16-29(21)22(30)15-27-25(33)28-20-12-8-11-18(13-20)23(31)34-4/h5-13,19,21H,14-16H2,1-4H3,(H2,27,28,33)/t19-,21-/m0/s1. The molecular formula is C26H31N3O6. The summed E-state index contributed by atoms with van der Waals surface area (Å²) in [5.41, 5.74) is 1.00. The summed E-state index contributed by atoms with van der Waals surface area (Å²) in [6.45, 7) is 5.38. The van der Waals surface area contributed by atoms with Crippen LogP contribution in [0.15, 0.2) is 54.6 Å². The number of ether oxygens (including phenoxy) is 2. The van der Waals surface area contributed by atoms with Crippen LogP contribution in [0.3, 0.4) is 0 Å². The Morgan fingerprint density at radius 3 is 2.40 bits per heavy atom. The van der Waals surface area contributed by atoms with Gasteiger partial charge < -0.3 is 25.0 Å². The van der Waals surface area contributed by atoms with Crippen molar-refractivity contribution >= 4 is 29.6 Å². The fourth-order valence-electron chi connectivity index (χ4n) is 3.95.